The number of hydrogen-bond donors (Lipinski definition) is 4. The van der Waals surface area contributed by atoms with E-state index >= 15 is 0 Å². The predicted molar refractivity (Wildman–Crippen MR) is 255 cm³/mol. The Morgan fingerprint density at radius 2 is 1.29 bits per heavy atom. The van der Waals surface area contributed by atoms with Crippen LogP contribution in [0.5, 0.6) is 11.5 Å². The molecule has 4 amide bonds. The Morgan fingerprint density at radius 1 is 0.706 bits per heavy atom. The molecule has 2 aliphatic heterocycles. The van der Waals surface area contributed by atoms with Crippen LogP contribution >= 0.6 is 0 Å². The van der Waals surface area contributed by atoms with Crippen LogP contribution in [0.4, 0.5) is 9.59 Å². The summed E-state index contributed by atoms with van der Waals surface area (Å²) < 4.78 is 33.3. The molecule has 1 saturated heterocycles. The summed E-state index contributed by atoms with van der Waals surface area (Å²) in [4.78, 5) is 71.8. The highest BCUT2D eigenvalue weighted by Gasteiger charge is 2.38. The van der Waals surface area contributed by atoms with E-state index in [1.54, 1.807) is 30.2 Å². The van der Waals surface area contributed by atoms with E-state index in [2.05, 4.69) is 38.8 Å². The lowest BCUT2D eigenvalue weighted by Gasteiger charge is -2.29. The second-order valence-electron chi connectivity index (χ2n) is 17.4. The van der Waals surface area contributed by atoms with Gasteiger partial charge in [0.15, 0.2) is 11.5 Å². The van der Waals surface area contributed by atoms with Crippen LogP contribution in [0.15, 0.2) is 72.9 Å². The number of nitrogens with one attached hydrogen (secondary N) is 4. The van der Waals surface area contributed by atoms with Crippen molar-refractivity contribution >= 4 is 35.0 Å². The molecule has 0 aliphatic carbocycles. The van der Waals surface area contributed by atoms with E-state index in [1.807, 2.05) is 76.2 Å². The summed E-state index contributed by atoms with van der Waals surface area (Å²) in [5.41, 5.74) is 6.60. The molecule has 7 rings (SSSR count). The van der Waals surface area contributed by atoms with Crippen molar-refractivity contribution in [3.05, 3.63) is 84.6 Å². The summed E-state index contributed by atoms with van der Waals surface area (Å²) in [5.74, 6) is 1.50. The molecule has 2 aromatic heterocycles. The summed E-state index contributed by atoms with van der Waals surface area (Å²) in [6.07, 6.45) is 5.77. The van der Waals surface area contributed by atoms with E-state index < -0.39 is 30.3 Å². The minimum absolute atomic E-state index is 0.134. The third-order valence-electron chi connectivity index (χ3n) is 12.2. The van der Waals surface area contributed by atoms with Crippen molar-refractivity contribution in [2.45, 2.75) is 64.7 Å². The van der Waals surface area contributed by atoms with E-state index in [4.69, 9.17) is 38.4 Å². The van der Waals surface area contributed by atoms with Gasteiger partial charge in [-0.05, 0) is 65.6 Å². The Kier molecular flexibility index (Phi) is 16.0. The SMILES string of the molecule is COCCOc1c(-c2ccc(-c3ccc4nc([C@@H]5CCCN5C(=O)[C@@H](NC(=O)OC)C(C)C)[nH]c4c3)cc2)ccc(-c2cnc([C@@H]3C=CCN3C(=O)[C@@H](NC(=O)OC)C(C)C)[nH]2)c1OCCOC. The number of aromatic nitrogens is 4. The number of methoxy groups -OCH3 is 4. The van der Waals surface area contributed by atoms with E-state index in [9.17, 15) is 19.2 Å². The van der Waals surface area contributed by atoms with Gasteiger partial charge >= 0.3 is 12.2 Å². The molecule has 0 radical (unpaired) electrons. The number of carbonyl (C=O) groups excluding carboxylic acids is 4. The van der Waals surface area contributed by atoms with Crippen LogP contribution in [0.2, 0.25) is 0 Å². The van der Waals surface area contributed by atoms with Crippen LogP contribution in [-0.4, -0.2) is 134 Å². The molecule has 0 unspecified atom stereocenters. The smallest absolute Gasteiger partial charge is 0.407 e. The molecule has 68 heavy (non-hydrogen) atoms. The monoisotopic (exact) mass is 934 g/mol. The topological polar surface area (TPSA) is 212 Å². The zero-order valence-corrected chi connectivity index (χ0v) is 39.9. The summed E-state index contributed by atoms with van der Waals surface area (Å²) in [5, 5.41) is 5.39. The number of alkyl carbamates (subject to hydrolysis) is 2. The number of ether oxygens (including phenoxy) is 6. The van der Waals surface area contributed by atoms with Crippen LogP contribution in [0.1, 0.15) is 64.3 Å². The minimum Gasteiger partial charge on any atom is -0.487 e. The van der Waals surface area contributed by atoms with Gasteiger partial charge in [0, 0.05) is 38.4 Å². The highest BCUT2D eigenvalue weighted by molar-refractivity contribution is 5.89. The van der Waals surface area contributed by atoms with Crippen LogP contribution in [0, 0.1) is 11.8 Å². The molecular weight excluding hydrogens is 873 g/mol. The zero-order valence-electron chi connectivity index (χ0n) is 39.9. The molecule has 1 fully saturated rings. The van der Waals surface area contributed by atoms with Crippen LogP contribution in [0.25, 0.3) is 44.5 Å². The quantitative estimate of drug-likeness (QED) is 0.0478. The fourth-order valence-electron chi connectivity index (χ4n) is 8.63. The van der Waals surface area contributed by atoms with Crippen molar-refractivity contribution in [2.24, 2.45) is 11.8 Å². The van der Waals surface area contributed by atoms with Gasteiger partial charge in [-0.2, -0.15) is 0 Å². The van der Waals surface area contributed by atoms with Gasteiger partial charge in [-0.3, -0.25) is 9.59 Å². The Labute approximate surface area is 396 Å². The predicted octanol–water partition coefficient (Wildman–Crippen LogP) is 7.20. The van der Waals surface area contributed by atoms with E-state index in [0.29, 0.717) is 60.7 Å². The van der Waals surface area contributed by atoms with Gasteiger partial charge in [0.25, 0.3) is 0 Å². The fraction of sp³-hybridized carbons (Fsp3) is 0.440. The Hall–Kier alpha value is -6.92. The van der Waals surface area contributed by atoms with Crippen molar-refractivity contribution in [2.75, 3.05) is 68.0 Å². The molecular formula is C50H62N8O10. The van der Waals surface area contributed by atoms with Crippen molar-refractivity contribution in [1.82, 2.24) is 40.4 Å². The molecule has 2 aliphatic rings. The highest BCUT2D eigenvalue weighted by Crippen LogP contribution is 2.46. The van der Waals surface area contributed by atoms with Crippen LogP contribution in [0.3, 0.4) is 0 Å². The number of likely N-dealkylation sites (tertiary alicyclic amines) is 1. The average Bonchev–Trinajstić information content (AvgIpc) is 4.19. The molecule has 0 bridgehead atoms. The Morgan fingerprint density at radius 3 is 1.91 bits per heavy atom. The summed E-state index contributed by atoms with van der Waals surface area (Å²) >= 11 is 0. The number of nitrogens with zero attached hydrogens (tertiary/aromatic N) is 4. The lowest BCUT2D eigenvalue weighted by atomic mass is 9.97. The van der Waals surface area contributed by atoms with Crippen molar-refractivity contribution in [3.8, 4) is 45.0 Å². The molecule has 3 aromatic carbocycles. The van der Waals surface area contributed by atoms with Gasteiger partial charge in [-0.25, -0.2) is 19.6 Å². The molecule has 4 heterocycles. The number of rotatable bonds is 19. The van der Waals surface area contributed by atoms with Gasteiger partial charge in [-0.15, -0.1) is 0 Å². The highest BCUT2D eigenvalue weighted by atomic mass is 16.6. The number of aromatic amines is 2. The summed E-state index contributed by atoms with van der Waals surface area (Å²) in [7, 11) is 5.77. The lowest BCUT2D eigenvalue weighted by Crippen LogP contribution is -2.51. The number of benzene rings is 3. The lowest BCUT2D eigenvalue weighted by molar-refractivity contribution is -0.136. The van der Waals surface area contributed by atoms with E-state index in [0.717, 1.165) is 46.1 Å². The molecule has 4 atom stereocenters. The molecule has 0 saturated carbocycles. The third kappa shape index (κ3) is 10.8. The first-order valence-corrected chi connectivity index (χ1v) is 22.9. The number of hydrogen-bond acceptors (Lipinski definition) is 12. The van der Waals surface area contributed by atoms with Crippen LogP contribution < -0.4 is 20.1 Å². The van der Waals surface area contributed by atoms with E-state index in [1.165, 1.54) is 14.2 Å². The van der Waals surface area contributed by atoms with Gasteiger partial charge < -0.3 is 58.8 Å². The average molecular weight is 935 g/mol. The molecule has 0 spiro atoms. The maximum absolute atomic E-state index is 13.8. The summed E-state index contributed by atoms with van der Waals surface area (Å²) in [6, 6.07) is 15.9. The fourth-order valence-corrected chi connectivity index (χ4v) is 8.63. The van der Waals surface area contributed by atoms with Gasteiger partial charge in [0.05, 0.1) is 56.4 Å². The third-order valence-corrected chi connectivity index (χ3v) is 12.2. The van der Waals surface area contributed by atoms with Gasteiger partial charge in [0.2, 0.25) is 11.8 Å². The van der Waals surface area contributed by atoms with Crippen molar-refractivity contribution in [1.29, 1.82) is 0 Å². The first-order chi connectivity index (χ1) is 32.9. The minimum atomic E-state index is -0.793. The largest absolute Gasteiger partial charge is 0.487 e. The second-order valence-corrected chi connectivity index (χ2v) is 17.4. The Balaban J connectivity index is 1.16. The number of imidazole rings is 2. The Bertz CT molecular complexity index is 2590. The van der Waals surface area contributed by atoms with Crippen molar-refractivity contribution < 1.29 is 47.6 Å². The number of H-pyrrole nitrogens is 2. The molecule has 18 heteroatoms. The standard InChI is InChI=1S/C50H62N8O10/c1-29(2)41(55-49(61)65-7)47(59)57-21-9-11-39(57)45-51-28-38(54-45)35-19-18-34(43(67-25-23-63-5)44(35)68-26-24-64-6)32-15-13-31(14-16-32)33-17-20-36-37(27-33)53-46(52-36)40-12-10-22-58(40)48(60)42(30(3)4)56-50(62)66-8/h9,11,13-20,27-30,39-42H,10,12,21-26H2,1-8H3,(H,51,54)(H,52,53)(H,55,61)(H,56,62)/t39-,40-,41-,42-/m0/s1. The maximum Gasteiger partial charge on any atom is 0.407 e. The van der Waals surface area contributed by atoms with Gasteiger partial charge in [0.1, 0.15) is 43.0 Å². The number of amides is 4. The molecule has 5 aromatic rings. The molecule has 4 N–H and O–H groups in total. The van der Waals surface area contributed by atoms with Crippen molar-refractivity contribution in [3.63, 3.8) is 0 Å². The molecule has 18 nitrogen and oxygen atoms in total. The number of carbonyl (C=O) groups is 4. The summed E-state index contributed by atoms with van der Waals surface area (Å²) in [6.45, 7) is 9.60. The van der Waals surface area contributed by atoms with E-state index in [-0.39, 0.29) is 42.9 Å². The normalized spacial score (nSPS) is 16.6. The number of fused-ring (bicyclic) bond motifs is 1. The zero-order chi connectivity index (χ0) is 48.5. The first-order valence-electron chi connectivity index (χ1n) is 22.9. The molecule has 362 valence electrons. The maximum atomic E-state index is 13.8. The van der Waals surface area contributed by atoms with Crippen LogP contribution in [-0.2, 0) is 28.5 Å². The van der Waals surface area contributed by atoms with Gasteiger partial charge in [-0.1, -0.05) is 70.2 Å². The second kappa shape index (κ2) is 22.3. The first kappa shape index (κ1) is 49.0.